The molecular formula is C27H27NO6. The second-order valence-electron chi connectivity index (χ2n) is 7.80. The maximum atomic E-state index is 11.6. The average molecular weight is 462 g/mol. The molecule has 4 rings (SSSR count). The molecule has 1 aliphatic rings. The van der Waals surface area contributed by atoms with Crippen LogP contribution in [0.2, 0.25) is 0 Å². The number of fused-ring (bicyclic) bond motifs is 1. The van der Waals surface area contributed by atoms with Gasteiger partial charge in [0.25, 0.3) is 0 Å². The van der Waals surface area contributed by atoms with E-state index in [0.717, 1.165) is 28.2 Å². The summed E-state index contributed by atoms with van der Waals surface area (Å²) < 4.78 is 22.3. The van der Waals surface area contributed by atoms with E-state index in [2.05, 4.69) is 5.16 Å². The zero-order valence-electron chi connectivity index (χ0n) is 19.2. The van der Waals surface area contributed by atoms with Crippen molar-refractivity contribution in [1.82, 2.24) is 0 Å². The number of oxime groups is 1. The van der Waals surface area contributed by atoms with Gasteiger partial charge in [0.2, 0.25) is 0 Å². The minimum absolute atomic E-state index is 0.0142. The quantitative estimate of drug-likeness (QED) is 0.247. The van der Waals surface area contributed by atoms with E-state index in [1.165, 1.54) is 14.2 Å². The molecule has 0 aromatic heterocycles. The number of methoxy groups -OCH3 is 1. The molecule has 0 saturated carbocycles. The van der Waals surface area contributed by atoms with Crippen LogP contribution >= 0.6 is 0 Å². The zero-order valence-corrected chi connectivity index (χ0v) is 19.2. The molecule has 0 N–H and O–H groups in total. The van der Waals surface area contributed by atoms with Crippen LogP contribution in [-0.2, 0) is 21.0 Å². The zero-order chi connectivity index (χ0) is 23.8. The van der Waals surface area contributed by atoms with Gasteiger partial charge in [0, 0.05) is 23.1 Å². The molecule has 1 aliphatic heterocycles. The van der Waals surface area contributed by atoms with Gasteiger partial charge < -0.3 is 23.8 Å². The fourth-order valence-electron chi connectivity index (χ4n) is 3.70. The summed E-state index contributed by atoms with van der Waals surface area (Å²) in [5.74, 6) is 1.96. The van der Waals surface area contributed by atoms with Crippen molar-refractivity contribution in [2.24, 2.45) is 5.16 Å². The van der Waals surface area contributed by atoms with E-state index in [4.69, 9.17) is 23.8 Å². The number of nitrogens with zero attached hydrogens (tertiary/aromatic N) is 1. The number of esters is 1. The van der Waals surface area contributed by atoms with Gasteiger partial charge in [0.05, 0.1) is 20.1 Å². The smallest absolute Gasteiger partial charge is 0.306 e. The Kier molecular flexibility index (Phi) is 7.65. The first-order valence-corrected chi connectivity index (χ1v) is 11.0. The molecule has 0 radical (unpaired) electrons. The number of hydrogen-bond donors (Lipinski definition) is 0. The summed E-state index contributed by atoms with van der Waals surface area (Å²) in [6.07, 6.45) is 0.308. The van der Waals surface area contributed by atoms with Crippen LogP contribution in [0.3, 0.4) is 0 Å². The lowest BCUT2D eigenvalue weighted by Gasteiger charge is -2.11. The second kappa shape index (κ2) is 11.2. The van der Waals surface area contributed by atoms with Crippen molar-refractivity contribution in [2.45, 2.75) is 18.9 Å². The van der Waals surface area contributed by atoms with E-state index in [1.807, 2.05) is 72.8 Å². The van der Waals surface area contributed by atoms with Crippen molar-refractivity contribution in [3.63, 3.8) is 0 Å². The molecular weight excluding hydrogens is 434 g/mol. The van der Waals surface area contributed by atoms with Crippen LogP contribution in [0.15, 0.2) is 78.0 Å². The molecule has 0 bridgehead atoms. The molecule has 0 spiro atoms. The lowest BCUT2D eigenvalue weighted by atomic mass is 9.98. The minimum atomic E-state index is -0.239. The molecule has 3 aromatic carbocycles. The number of benzene rings is 3. The van der Waals surface area contributed by atoms with E-state index in [1.54, 1.807) is 0 Å². The fourth-order valence-corrected chi connectivity index (χ4v) is 3.70. The Balaban J connectivity index is 1.30. The second-order valence-corrected chi connectivity index (χ2v) is 7.80. The molecule has 7 heteroatoms. The van der Waals surface area contributed by atoms with E-state index in [-0.39, 0.29) is 11.9 Å². The molecule has 7 nitrogen and oxygen atoms in total. The number of carbonyl (C=O) groups excluding carboxylic acids is 1. The molecule has 1 unspecified atom stereocenters. The van der Waals surface area contributed by atoms with Gasteiger partial charge in [-0.15, -0.1) is 0 Å². The van der Waals surface area contributed by atoms with Crippen LogP contribution in [0, 0.1) is 0 Å². The molecule has 0 amide bonds. The lowest BCUT2D eigenvalue weighted by Crippen LogP contribution is -2.13. The number of ether oxygens (including phenoxy) is 4. The minimum Gasteiger partial charge on any atom is -0.492 e. The highest BCUT2D eigenvalue weighted by Gasteiger charge is 2.27. The van der Waals surface area contributed by atoms with Gasteiger partial charge in [-0.3, -0.25) is 4.79 Å². The Bertz CT molecular complexity index is 1130. The van der Waals surface area contributed by atoms with Crippen LogP contribution in [0.4, 0.5) is 0 Å². The van der Waals surface area contributed by atoms with Gasteiger partial charge in [-0.1, -0.05) is 53.7 Å². The van der Waals surface area contributed by atoms with Crippen molar-refractivity contribution in [2.75, 3.05) is 27.4 Å². The third-order valence-electron chi connectivity index (χ3n) is 5.52. The van der Waals surface area contributed by atoms with Crippen molar-refractivity contribution in [1.29, 1.82) is 0 Å². The van der Waals surface area contributed by atoms with Gasteiger partial charge in [-0.25, -0.2) is 0 Å². The molecule has 34 heavy (non-hydrogen) atoms. The van der Waals surface area contributed by atoms with Crippen LogP contribution < -0.4 is 14.2 Å². The summed E-state index contributed by atoms with van der Waals surface area (Å²) in [6, 6.07) is 23.2. The van der Waals surface area contributed by atoms with Crippen molar-refractivity contribution in [3.05, 3.63) is 89.5 Å². The maximum absolute atomic E-state index is 11.6. The first kappa shape index (κ1) is 23.2. The molecule has 176 valence electrons. The van der Waals surface area contributed by atoms with E-state index >= 15 is 0 Å². The lowest BCUT2D eigenvalue weighted by molar-refractivity contribution is -0.141. The summed E-state index contributed by atoms with van der Waals surface area (Å²) in [7, 11) is 2.91. The molecule has 1 atom stereocenters. The normalized spacial score (nSPS) is 14.6. The van der Waals surface area contributed by atoms with Crippen LogP contribution in [0.1, 0.15) is 29.0 Å². The van der Waals surface area contributed by atoms with Gasteiger partial charge in [-0.05, 0) is 23.8 Å². The highest BCUT2D eigenvalue weighted by molar-refractivity contribution is 6.01. The van der Waals surface area contributed by atoms with Crippen LogP contribution in [0.25, 0.3) is 0 Å². The van der Waals surface area contributed by atoms with E-state index in [0.29, 0.717) is 37.7 Å². The third-order valence-corrected chi connectivity index (χ3v) is 5.52. The van der Waals surface area contributed by atoms with Crippen molar-refractivity contribution >= 4 is 11.7 Å². The summed E-state index contributed by atoms with van der Waals surface area (Å²) in [5, 5.41) is 4.08. The summed E-state index contributed by atoms with van der Waals surface area (Å²) in [4.78, 5) is 16.5. The van der Waals surface area contributed by atoms with Crippen LogP contribution in [0.5, 0.6) is 17.2 Å². The summed E-state index contributed by atoms with van der Waals surface area (Å²) >= 11 is 0. The Hall–Kier alpha value is -4.00. The van der Waals surface area contributed by atoms with Gasteiger partial charge in [-0.2, -0.15) is 0 Å². The molecule has 0 aliphatic carbocycles. The molecule has 0 fully saturated rings. The maximum Gasteiger partial charge on any atom is 0.306 e. The fraction of sp³-hybridized carbons (Fsp3) is 0.259. The first-order valence-electron chi connectivity index (χ1n) is 11.0. The van der Waals surface area contributed by atoms with Gasteiger partial charge in [0.15, 0.2) is 0 Å². The first-order chi connectivity index (χ1) is 16.7. The Morgan fingerprint density at radius 1 is 0.971 bits per heavy atom. The Morgan fingerprint density at radius 3 is 2.47 bits per heavy atom. The molecule has 0 saturated heterocycles. The van der Waals surface area contributed by atoms with E-state index < -0.39 is 0 Å². The van der Waals surface area contributed by atoms with Crippen molar-refractivity contribution in [3.8, 4) is 17.2 Å². The van der Waals surface area contributed by atoms with Gasteiger partial charge >= 0.3 is 5.97 Å². The SMILES string of the molecule is CO/N=C(\COc1ccc(COc2ccc3c(c2)OCC3CC(=O)OC)cc1)c1ccccc1. The molecule has 3 aromatic rings. The predicted octanol–water partition coefficient (Wildman–Crippen LogP) is 4.73. The highest BCUT2D eigenvalue weighted by Crippen LogP contribution is 2.38. The van der Waals surface area contributed by atoms with Gasteiger partial charge in [0.1, 0.15) is 43.3 Å². The van der Waals surface area contributed by atoms with Crippen molar-refractivity contribution < 1.29 is 28.6 Å². The highest BCUT2D eigenvalue weighted by atomic mass is 16.6. The predicted molar refractivity (Wildman–Crippen MR) is 128 cm³/mol. The standard InChI is InChI=1S/C27H27NO6/c1-30-27(29)14-21-17-34-26-15-23(12-13-24(21)26)32-16-19-8-10-22(11-9-19)33-18-25(28-31-2)20-6-4-3-5-7-20/h3-13,15,21H,14,16-18H2,1-2H3/b28-25+. The largest absolute Gasteiger partial charge is 0.492 e. The Morgan fingerprint density at radius 2 is 1.74 bits per heavy atom. The van der Waals surface area contributed by atoms with E-state index in [9.17, 15) is 4.79 Å². The summed E-state index contributed by atoms with van der Waals surface area (Å²) in [6.45, 7) is 1.17. The monoisotopic (exact) mass is 461 g/mol. The number of hydrogen-bond acceptors (Lipinski definition) is 7. The molecule has 1 heterocycles. The topological polar surface area (TPSA) is 75.6 Å². The average Bonchev–Trinajstić information content (AvgIpc) is 3.28. The summed E-state index contributed by atoms with van der Waals surface area (Å²) in [5.41, 5.74) is 3.67. The third kappa shape index (κ3) is 5.86. The van der Waals surface area contributed by atoms with Crippen LogP contribution in [-0.4, -0.2) is 39.1 Å². The number of rotatable bonds is 10. The Labute approximate surface area is 198 Å². The number of carbonyl (C=O) groups is 1.